The zero-order valence-electron chi connectivity index (χ0n) is 5.42. The van der Waals surface area contributed by atoms with E-state index in [0.717, 1.165) is 0 Å². The van der Waals surface area contributed by atoms with E-state index in [1.807, 2.05) is 0 Å². The van der Waals surface area contributed by atoms with Crippen LogP contribution in [0.2, 0.25) is 0 Å². The fraction of sp³-hybridized carbons (Fsp3) is 0.600. The third-order valence-corrected chi connectivity index (χ3v) is 1.36. The molecule has 0 fully saturated rings. The van der Waals surface area contributed by atoms with Gasteiger partial charge in [0.05, 0.1) is 13.2 Å². The van der Waals surface area contributed by atoms with Gasteiger partial charge in [-0.1, -0.05) is 6.08 Å². The van der Waals surface area contributed by atoms with Gasteiger partial charge in [0.15, 0.2) is 0 Å². The highest BCUT2D eigenvalue weighted by Gasteiger charge is 2.04. The molecule has 0 heterocycles. The molecule has 0 aliphatic rings. The van der Waals surface area contributed by atoms with E-state index >= 15 is 0 Å². The van der Waals surface area contributed by atoms with Crippen molar-refractivity contribution in [3.8, 4) is 0 Å². The Morgan fingerprint density at radius 2 is 2.20 bits per heavy atom. The van der Waals surface area contributed by atoms with Crippen LogP contribution in [0.1, 0.15) is 0 Å². The summed E-state index contributed by atoms with van der Waals surface area (Å²) in [6, 6.07) is 0. The fourth-order valence-electron chi connectivity index (χ4n) is 0.325. The van der Waals surface area contributed by atoms with Gasteiger partial charge in [-0.15, -0.1) is 10.5 Å². The molecule has 0 amide bonds. The molecule has 0 atom stereocenters. The zero-order valence-corrected chi connectivity index (χ0v) is 6.23. The largest absolute Gasteiger partial charge is 0.376 e. The van der Waals surface area contributed by atoms with Gasteiger partial charge in [0.25, 0.3) is 0 Å². The van der Waals surface area contributed by atoms with Crippen LogP contribution < -0.4 is 0 Å². The van der Waals surface area contributed by atoms with E-state index in [1.54, 1.807) is 0 Å². The molecule has 5 heteroatoms. The zero-order chi connectivity index (χ0) is 8.04. The van der Waals surface area contributed by atoms with Crippen molar-refractivity contribution >= 4 is 10.2 Å². The van der Waals surface area contributed by atoms with Crippen molar-refractivity contribution < 1.29 is 17.0 Å². The van der Waals surface area contributed by atoms with Crippen molar-refractivity contribution in [2.45, 2.75) is 0 Å². The SMILES string of the molecule is C=CCOCCS(=O)(=O)F. The minimum Gasteiger partial charge on any atom is -0.376 e. The summed E-state index contributed by atoms with van der Waals surface area (Å²) in [5.74, 6) is -0.582. The molecule has 0 bridgehead atoms. The predicted octanol–water partition coefficient (Wildman–Crippen LogP) is 0.488. The summed E-state index contributed by atoms with van der Waals surface area (Å²) in [6.45, 7) is 3.45. The number of halogens is 1. The van der Waals surface area contributed by atoms with Crippen LogP contribution in [-0.4, -0.2) is 27.4 Å². The van der Waals surface area contributed by atoms with E-state index < -0.39 is 16.0 Å². The third-order valence-electron chi connectivity index (χ3n) is 0.707. The predicted molar refractivity (Wildman–Crippen MR) is 35.9 cm³/mol. The summed E-state index contributed by atoms with van der Waals surface area (Å²) in [6.07, 6.45) is 1.46. The van der Waals surface area contributed by atoms with Crippen molar-refractivity contribution in [3.05, 3.63) is 12.7 Å². The number of rotatable bonds is 5. The third kappa shape index (κ3) is 7.58. The molecule has 3 nitrogen and oxygen atoms in total. The van der Waals surface area contributed by atoms with Gasteiger partial charge in [0, 0.05) is 0 Å². The minimum absolute atomic E-state index is 0.120. The Labute approximate surface area is 59.7 Å². The normalized spacial score (nSPS) is 11.3. The summed E-state index contributed by atoms with van der Waals surface area (Å²) >= 11 is 0. The summed E-state index contributed by atoms with van der Waals surface area (Å²) in [4.78, 5) is 0. The Morgan fingerprint density at radius 1 is 1.60 bits per heavy atom. The van der Waals surface area contributed by atoms with Crippen LogP contribution in [-0.2, 0) is 15.0 Å². The minimum atomic E-state index is -4.36. The van der Waals surface area contributed by atoms with Crippen LogP contribution >= 0.6 is 0 Å². The van der Waals surface area contributed by atoms with Crippen molar-refractivity contribution in [1.29, 1.82) is 0 Å². The molecule has 0 aromatic rings. The standard InChI is InChI=1S/C5H9FO3S/c1-2-3-9-4-5-10(6,7)8/h2H,1,3-5H2. The second-order valence-electron chi connectivity index (χ2n) is 1.61. The van der Waals surface area contributed by atoms with Crippen LogP contribution in [0.5, 0.6) is 0 Å². The average Bonchev–Trinajstić information content (AvgIpc) is 1.78. The summed E-state index contributed by atoms with van der Waals surface area (Å²) in [5, 5.41) is 0. The second-order valence-corrected chi connectivity index (χ2v) is 3.09. The highest BCUT2D eigenvalue weighted by atomic mass is 32.3. The maximum Gasteiger partial charge on any atom is 0.304 e. The Morgan fingerprint density at radius 3 is 2.60 bits per heavy atom. The van der Waals surface area contributed by atoms with Gasteiger partial charge in [-0.25, -0.2) is 0 Å². The Kier molecular flexibility index (Phi) is 4.22. The summed E-state index contributed by atoms with van der Waals surface area (Å²) in [7, 11) is -4.36. The molecule has 0 aliphatic heterocycles. The van der Waals surface area contributed by atoms with E-state index in [1.165, 1.54) is 6.08 Å². The van der Waals surface area contributed by atoms with Gasteiger partial charge in [0.2, 0.25) is 0 Å². The first kappa shape index (κ1) is 9.58. The molecule has 0 saturated carbocycles. The van der Waals surface area contributed by atoms with Gasteiger partial charge >= 0.3 is 10.2 Å². The molecule has 0 radical (unpaired) electrons. The maximum absolute atomic E-state index is 11.7. The van der Waals surface area contributed by atoms with E-state index in [4.69, 9.17) is 0 Å². The first-order valence-electron chi connectivity index (χ1n) is 2.67. The number of hydrogen-bond donors (Lipinski definition) is 0. The first-order chi connectivity index (χ1) is 4.56. The monoisotopic (exact) mass is 168 g/mol. The van der Waals surface area contributed by atoms with E-state index in [2.05, 4.69) is 11.3 Å². The highest BCUT2D eigenvalue weighted by Crippen LogP contribution is 1.89. The van der Waals surface area contributed by atoms with Gasteiger partial charge in [-0.2, -0.15) is 8.42 Å². The van der Waals surface area contributed by atoms with Crippen LogP contribution in [0, 0.1) is 0 Å². The molecule has 0 unspecified atom stereocenters. The van der Waals surface area contributed by atoms with Gasteiger partial charge in [0.1, 0.15) is 5.75 Å². The lowest BCUT2D eigenvalue weighted by atomic mass is 10.7. The molecule has 0 N–H and O–H groups in total. The van der Waals surface area contributed by atoms with Crippen molar-refractivity contribution in [2.24, 2.45) is 0 Å². The molecule has 10 heavy (non-hydrogen) atoms. The van der Waals surface area contributed by atoms with Gasteiger partial charge in [-0.3, -0.25) is 0 Å². The molecule has 0 spiro atoms. The van der Waals surface area contributed by atoms with E-state index in [0.29, 0.717) is 0 Å². The quantitative estimate of drug-likeness (QED) is 0.341. The molecule has 0 aromatic heterocycles. The van der Waals surface area contributed by atoms with Crippen molar-refractivity contribution in [3.63, 3.8) is 0 Å². The van der Waals surface area contributed by atoms with Crippen LogP contribution in [0.15, 0.2) is 12.7 Å². The molecule has 0 rings (SSSR count). The van der Waals surface area contributed by atoms with Gasteiger partial charge < -0.3 is 4.74 Å². The van der Waals surface area contributed by atoms with Crippen molar-refractivity contribution in [1.82, 2.24) is 0 Å². The molecular weight excluding hydrogens is 159 g/mol. The average molecular weight is 168 g/mol. The van der Waals surface area contributed by atoms with Crippen LogP contribution in [0.3, 0.4) is 0 Å². The van der Waals surface area contributed by atoms with Crippen LogP contribution in [0.4, 0.5) is 3.89 Å². The highest BCUT2D eigenvalue weighted by molar-refractivity contribution is 7.86. The topological polar surface area (TPSA) is 43.4 Å². The maximum atomic E-state index is 11.7. The number of hydrogen-bond acceptors (Lipinski definition) is 3. The fourth-order valence-corrected chi connectivity index (χ4v) is 0.642. The molecular formula is C5H9FO3S. The Hall–Kier alpha value is -0.420. The summed E-state index contributed by atoms with van der Waals surface area (Å²) in [5.41, 5.74) is 0. The molecule has 0 saturated heterocycles. The lowest BCUT2D eigenvalue weighted by Gasteiger charge is -1.95. The summed E-state index contributed by atoms with van der Waals surface area (Å²) < 4.78 is 35.9. The van der Waals surface area contributed by atoms with E-state index in [-0.39, 0.29) is 13.2 Å². The lowest BCUT2D eigenvalue weighted by Crippen LogP contribution is -2.06. The molecule has 0 aromatic carbocycles. The Balaban J connectivity index is 3.29. The smallest absolute Gasteiger partial charge is 0.304 e. The van der Waals surface area contributed by atoms with Crippen molar-refractivity contribution in [2.75, 3.05) is 19.0 Å². The lowest BCUT2D eigenvalue weighted by molar-refractivity contribution is 0.178. The van der Waals surface area contributed by atoms with Crippen LogP contribution in [0.25, 0.3) is 0 Å². The first-order valence-corrected chi connectivity index (χ1v) is 4.22. The Bertz CT molecular complexity index is 185. The van der Waals surface area contributed by atoms with E-state index in [9.17, 15) is 12.3 Å². The number of ether oxygens (including phenoxy) is 1. The molecule has 0 aliphatic carbocycles. The second kappa shape index (κ2) is 4.40. The van der Waals surface area contributed by atoms with Gasteiger partial charge in [-0.05, 0) is 0 Å². The molecule has 60 valence electrons.